The molecule has 0 radical (unpaired) electrons. The number of carbonyl (C=O) groups is 2. The molecule has 2 rings (SSSR count). The van der Waals surface area contributed by atoms with Crippen LogP contribution in [0.25, 0.3) is 0 Å². The highest BCUT2D eigenvalue weighted by molar-refractivity contribution is 6.33. The third kappa shape index (κ3) is 3.70. The fourth-order valence-corrected chi connectivity index (χ4v) is 3.11. The van der Waals surface area contributed by atoms with E-state index in [0.717, 1.165) is 19.3 Å². The van der Waals surface area contributed by atoms with E-state index in [1.807, 2.05) is 0 Å². The van der Waals surface area contributed by atoms with Crippen LogP contribution in [0.1, 0.15) is 41.6 Å². The first kappa shape index (κ1) is 17.0. The van der Waals surface area contributed by atoms with E-state index in [4.69, 9.17) is 27.9 Å². The number of ether oxygens (including phenoxy) is 1. The summed E-state index contributed by atoms with van der Waals surface area (Å²) in [6.45, 7) is 2.34. The summed E-state index contributed by atoms with van der Waals surface area (Å²) in [7, 11) is 1.35. The fourth-order valence-electron chi connectivity index (χ4n) is 2.68. The van der Waals surface area contributed by atoms with E-state index in [2.05, 4.69) is 4.98 Å². The Hall–Kier alpha value is -1.33. The lowest BCUT2D eigenvalue weighted by Gasteiger charge is -2.35. The molecule has 22 heavy (non-hydrogen) atoms. The van der Waals surface area contributed by atoms with Crippen LogP contribution in [0.4, 0.5) is 0 Å². The Labute approximate surface area is 139 Å². The SMILES string of the molecule is COC(=O)C[C@H]1CCCCN1C(=O)c1cc(Cl)nc(Cl)c1C. The molecule has 0 bridgehead atoms. The summed E-state index contributed by atoms with van der Waals surface area (Å²) in [6.07, 6.45) is 2.89. The highest BCUT2D eigenvalue weighted by Gasteiger charge is 2.30. The highest BCUT2D eigenvalue weighted by Crippen LogP contribution is 2.26. The van der Waals surface area contributed by atoms with Gasteiger partial charge in [-0.05, 0) is 37.8 Å². The lowest BCUT2D eigenvalue weighted by atomic mass is 9.97. The Morgan fingerprint density at radius 2 is 2.14 bits per heavy atom. The van der Waals surface area contributed by atoms with Gasteiger partial charge in [0.2, 0.25) is 0 Å². The summed E-state index contributed by atoms with van der Waals surface area (Å²) in [5.41, 5.74) is 1.03. The lowest BCUT2D eigenvalue weighted by Crippen LogP contribution is -2.45. The Morgan fingerprint density at radius 3 is 2.82 bits per heavy atom. The van der Waals surface area contributed by atoms with Gasteiger partial charge in [-0.2, -0.15) is 0 Å². The van der Waals surface area contributed by atoms with Crippen molar-refractivity contribution in [1.82, 2.24) is 9.88 Å². The van der Waals surface area contributed by atoms with Crippen molar-refractivity contribution in [3.05, 3.63) is 27.5 Å². The number of hydrogen-bond donors (Lipinski definition) is 0. The second kappa shape index (κ2) is 7.29. The maximum absolute atomic E-state index is 12.8. The van der Waals surface area contributed by atoms with Gasteiger partial charge in [-0.15, -0.1) is 0 Å². The number of piperidine rings is 1. The molecule has 1 amide bonds. The molecule has 0 saturated carbocycles. The molecule has 7 heteroatoms. The molecule has 0 N–H and O–H groups in total. The van der Waals surface area contributed by atoms with Gasteiger partial charge in [0.25, 0.3) is 5.91 Å². The molecule has 0 aliphatic carbocycles. The summed E-state index contributed by atoms with van der Waals surface area (Å²) < 4.78 is 4.72. The second-order valence-electron chi connectivity index (χ2n) is 5.34. The van der Waals surface area contributed by atoms with Gasteiger partial charge in [0.1, 0.15) is 10.3 Å². The van der Waals surface area contributed by atoms with Crippen LogP contribution >= 0.6 is 23.2 Å². The van der Waals surface area contributed by atoms with Crippen molar-refractivity contribution < 1.29 is 14.3 Å². The third-order valence-electron chi connectivity index (χ3n) is 3.93. The van der Waals surface area contributed by atoms with E-state index < -0.39 is 0 Å². The molecule has 0 unspecified atom stereocenters. The molecule has 0 aromatic carbocycles. The van der Waals surface area contributed by atoms with Crippen molar-refractivity contribution >= 4 is 35.1 Å². The molecule has 0 spiro atoms. The maximum atomic E-state index is 12.8. The maximum Gasteiger partial charge on any atom is 0.307 e. The lowest BCUT2D eigenvalue weighted by molar-refractivity contribution is -0.142. The van der Waals surface area contributed by atoms with Gasteiger partial charge in [-0.3, -0.25) is 9.59 Å². The minimum absolute atomic E-state index is 0.154. The van der Waals surface area contributed by atoms with Crippen molar-refractivity contribution in [2.24, 2.45) is 0 Å². The topological polar surface area (TPSA) is 59.5 Å². The van der Waals surface area contributed by atoms with Crippen molar-refractivity contribution in [3.63, 3.8) is 0 Å². The van der Waals surface area contributed by atoms with Crippen LogP contribution in [0.15, 0.2) is 6.07 Å². The minimum atomic E-state index is -0.313. The van der Waals surface area contributed by atoms with Gasteiger partial charge in [0.05, 0.1) is 13.5 Å². The number of aromatic nitrogens is 1. The number of pyridine rings is 1. The smallest absolute Gasteiger partial charge is 0.307 e. The van der Waals surface area contributed by atoms with Crippen LogP contribution in [-0.2, 0) is 9.53 Å². The quantitative estimate of drug-likeness (QED) is 0.623. The largest absolute Gasteiger partial charge is 0.469 e. The van der Waals surface area contributed by atoms with Crippen LogP contribution in [0.5, 0.6) is 0 Å². The number of hydrogen-bond acceptors (Lipinski definition) is 4. The Kier molecular flexibility index (Phi) is 5.64. The number of likely N-dealkylation sites (tertiary alicyclic amines) is 1. The molecule has 1 aliphatic rings. The first-order chi connectivity index (χ1) is 10.4. The minimum Gasteiger partial charge on any atom is -0.469 e. The van der Waals surface area contributed by atoms with Gasteiger partial charge in [-0.25, -0.2) is 4.98 Å². The number of nitrogens with zero attached hydrogens (tertiary/aromatic N) is 2. The number of methoxy groups -OCH3 is 1. The summed E-state index contributed by atoms with van der Waals surface area (Å²) in [5.74, 6) is -0.482. The predicted molar refractivity (Wildman–Crippen MR) is 84.3 cm³/mol. The molecule has 2 heterocycles. The average molecular weight is 345 g/mol. The van der Waals surface area contributed by atoms with E-state index >= 15 is 0 Å². The van der Waals surface area contributed by atoms with Gasteiger partial charge in [0, 0.05) is 18.2 Å². The van der Waals surface area contributed by atoms with Crippen LogP contribution in [-0.4, -0.2) is 41.5 Å². The highest BCUT2D eigenvalue weighted by atomic mass is 35.5. The molecule has 1 fully saturated rings. The standard InChI is InChI=1S/C15H18Cl2N2O3/c1-9-11(8-12(16)18-14(9)17)15(21)19-6-4-3-5-10(19)7-13(20)22-2/h8,10H,3-7H2,1-2H3/t10-/m1/s1. The summed E-state index contributed by atoms with van der Waals surface area (Å²) in [6, 6.07) is 1.37. The molecule has 1 aromatic heterocycles. The summed E-state index contributed by atoms with van der Waals surface area (Å²) in [4.78, 5) is 30.0. The van der Waals surface area contributed by atoms with Crippen LogP contribution in [0, 0.1) is 6.92 Å². The van der Waals surface area contributed by atoms with Crippen molar-refractivity contribution in [1.29, 1.82) is 0 Å². The normalized spacial score (nSPS) is 18.2. The number of rotatable bonds is 3. The van der Waals surface area contributed by atoms with Crippen LogP contribution in [0.2, 0.25) is 10.3 Å². The molecule has 120 valence electrons. The van der Waals surface area contributed by atoms with Crippen LogP contribution in [0.3, 0.4) is 0 Å². The number of amides is 1. The Morgan fingerprint density at radius 1 is 1.41 bits per heavy atom. The van der Waals surface area contributed by atoms with Crippen molar-refractivity contribution in [3.8, 4) is 0 Å². The van der Waals surface area contributed by atoms with Gasteiger partial charge in [0.15, 0.2) is 0 Å². The molecule has 5 nitrogen and oxygen atoms in total. The zero-order valence-electron chi connectivity index (χ0n) is 12.6. The molecule has 1 aromatic rings. The third-order valence-corrected chi connectivity index (χ3v) is 4.49. The molecule has 1 saturated heterocycles. The summed E-state index contributed by atoms with van der Waals surface area (Å²) >= 11 is 11.9. The molecule has 1 aliphatic heterocycles. The zero-order chi connectivity index (χ0) is 16.3. The van der Waals surface area contributed by atoms with Crippen molar-refractivity contribution in [2.45, 2.75) is 38.6 Å². The number of carbonyl (C=O) groups excluding carboxylic acids is 2. The average Bonchev–Trinajstić information content (AvgIpc) is 2.50. The number of esters is 1. The molecular weight excluding hydrogens is 327 g/mol. The van der Waals surface area contributed by atoms with E-state index in [1.54, 1.807) is 11.8 Å². The van der Waals surface area contributed by atoms with Gasteiger partial charge < -0.3 is 9.64 Å². The van der Waals surface area contributed by atoms with E-state index in [9.17, 15) is 9.59 Å². The number of halogens is 2. The first-order valence-corrected chi connectivity index (χ1v) is 7.90. The second-order valence-corrected chi connectivity index (χ2v) is 6.08. The Bertz CT molecular complexity index is 592. The Balaban J connectivity index is 2.27. The zero-order valence-corrected chi connectivity index (χ0v) is 14.1. The monoisotopic (exact) mass is 344 g/mol. The fraction of sp³-hybridized carbons (Fsp3) is 0.533. The van der Waals surface area contributed by atoms with Crippen molar-refractivity contribution in [2.75, 3.05) is 13.7 Å². The van der Waals surface area contributed by atoms with E-state index in [0.29, 0.717) is 17.7 Å². The predicted octanol–water partition coefficient (Wildman–Crippen LogP) is 3.25. The van der Waals surface area contributed by atoms with Gasteiger partial charge >= 0.3 is 5.97 Å². The molecule has 1 atom stereocenters. The van der Waals surface area contributed by atoms with E-state index in [-0.39, 0.29) is 34.6 Å². The van der Waals surface area contributed by atoms with E-state index in [1.165, 1.54) is 13.2 Å². The summed E-state index contributed by atoms with van der Waals surface area (Å²) in [5, 5.41) is 0.401. The first-order valence-electron chi connectivity index (χ1n) is 7.14. The van der Waals surface area contributed by atoms with Gasteiger partial charge in [-0.1, -0.05) is 23.2 Å². The molecular formula is C15H18Cl2N2O3. The van der Waals surface area contributed by atoms with Crippen LogP contribution < -0.4 is 0 Å².